The summed E-state index contributed by atoms with van der Waals surface area (Å²) in [6, 6.07) is 6.77. The Hall–Kier alpha value is -0.910. The van der Waals surface area contributed by atoms with E-state index in [-0.39, 0.29) is 23.0 Å². The van der Waals surface area contributed by atoms with Crippen molar-refractivity contribution in [2.24, 2.45) is 5.92 Å². The van der Waals surface area contributed by atoms with E-state index in [0.717, 1.165) is 25.1 Å². The molecule has 1 atom stereocenters. The van der Waals surface area contributed by atoms with Crippen LogP contribution in [0.15, 0.2) is 29.2 Å². The molecule has 0 aromatic heterocycles. The van der Waals surface area contributed by atoms with Gasteiger partial charge in [-0.25, -0.2) is 0 Å². The molecule has 0 aliphatic carbocycles. The summed E-state index contributed by atoms with van der Waals surface area (Å²) in [6.07, 6.45) is 0.987. The lowest BCUT2D eigenvalue weighted by atomic mass is 10.1. The molecule has 4 nitrogen and oxygen atoms in total. The molecule has 1 aliphatic rings. The standard InChI is InChI=1S/C16H25NO3S/c1-13-5-7-15(8-6-13)21(18,19)20-12-14-9-10-17(11-14)16(2,3)4/h5-8,14H,9-12H2,1-4H3. The summed E-state index contributed by atoms with van der Waals surface area (Å²) in [6.45, 7) is 10.6. The van der Waals surface area contributed by atoms with Crippen molar-refractivity contribution in [2.75, 3.05) is 19.7 Å². The number of hydrogen-bond donors (Lipinski definition) is 0. The van der Waals surface area contributed by atoms with Crippen molar-refractivity contribution in [1.82, 2.24) is 4.90 Å². The second-order valence-electron chi connectivity index (χ2n) is 6.82. The van der Waals surface area contributed by atoms with E-state index in [2.05, 4.69) is 25.7 Å². The molecule has 1 unspecified atom stereocenters. The van der Waals surface area contributed by atoms with Crippen LogP contribution in [0.3, 0.4) is 0 Å². The molecule has 0 amide bonds. The van der Waals surface area contributed by atoms with E-state index in [0.29, 0.717) is 0 Å². The summed E-state index contributed by atoms with van der Waals surface area (Å²) in [5.41, 5.74) is 1.16. The van der Waals surface area contributed by atoms with Crippen molar-refractivity contribution < 1.29 is 12.6 Å². The Kier molecular flexibility index (Phi) is 4.76. The summed E-state index contributed by atoms with van der Waals surface area (Å²) < 4.78 is 29.5. The normalized spacial score (nSPS) is 20.9. The lowest BCUT2D eigenvalue weighted by Gasteiger charge is -2.31. The third-order valence-corrected chi connectivity index (χ3v) is 5.30. The fourth-order valence-corrected chi connectivity index (χ4v) is 3.51. The summed E-state index contributed by atoms with van der Waals surface area (Å²) in [5, 5.41) is 0. The maximum Gasteiger partial charge on any atom is 0.296 e. The van der Waals surface area contributed by atoms with E-state index in [1.54, 1.807) is 24.3 Å². The van der Waals surface area contributed by atoms with Crippen molar-refractivity contribution in [3.63, 3.8) is 0 Å². The van der Waals surface area contributed by atoms with E-state index >= 15 is 0 Å². The quantitative estimate of drug-likeness (QED) is 0.802. The minimum atomic E-state index is -3.64. The monoisotopic (exact) mass is 311 g/mol. The summed E-state index contributed by atoms with van der Waals surface area (Å²) in [5.74, 6) is 0.282. The second kappa shape index (κ2) is 6.07. The first-order chi connectivity index (χ1) is 9.68. The van der Waals surface area contributed by atoms with Crippen molar-refractivity contribution in [2.45, 2.75) is 44.6 Å². The SMILES string of the molecule is Cc1ccc(S(=O)(=O)OCC2CCN(C(C)(C)C)C2)cc1. The molecule has 1 aliphatic heterocycles. The summed E-state index contributed by atoms with van der Waals surface area (Å²) >= 11 is 0. The van der Waals surface area contributed by atoms with Crippen LogP contribution >= 0.6 is 0 Å². The van der Waals surface area contributed by atoms with Gasteiger partial charge >= 0.3 is 0 Å². The van der Waals surface area contributed by atoms with Crippen molar-refractivity contribution in [3.05, 3.63) is 29.8 Å². The first-order valence-corrected chi connectivity index (χ1v) is 8.80. The Morgan fingerprint density at radius 1 is 1.24 bits per heavy atom. The van der Waals surface area contributed by atoms with Crippen LogP contribution < -0.4 is 0 Å². The second-order valence-corrected chi connectivity index (χ2v) is 8.44. The number of aryl methyl sites for hydroxylation is 1. The molecule has 118 valence electrons. The van der Waals surface area contributed by atoms with Crippen LogP contribution in [0.1, 0.15) is 32.8 Å². The van der Waals surface area contributed by atoms with E-state index in [4.69, 9.17) is 4.18 Å². The van der Waals surface area contributed by atoms with Crippen LogP contribution in [-0.2, 0) is 14.3 Å². The highest BCUT2D eigenvalue weighted by molar-refractivity contribution is 7.86. The molecule has 1 heterocycles. The topological polar surface area (TPSA) is 46.6 Å². The smallest absolute Gasteiger partial charge is 0.296 e. The Morgan fingerprint density at radius 3 is 2.38 bits per heavy atom. The van der Waals surface area contributed by atoms with Gasteiger partial charge < -0.3 is 0 Å². The van der Waals surface area contributed by atoms with Gasteiger partial charge in [0, 0.05) is 12.1 Å². The predicted octanol–water partition coefficient (Wildman–Crippen LogP) is 2.82. The average Bonchev–Trinajstić information content (AvgIpc) is 2.86. The Bertz CT molecular complexity index is 573. The van der Waals surface area contributed by atoms with Gasteiger partial charge in [-0.05, 0) is 58.7 Å². The zero-order chi connectivity index (χ0) is 15.7. The zero-order valence-corrected chi connectivity index (χ0v) is 14.1. The molecular formula is C16H25NO3S. The molecule has 0 radical (unpaired) electrons. The predicted molar refractivity (Wildman–Crippen MR) is 83.7 cm³/mol. The minimum absolute atomic E-state index is 0.130. The summed E-state index contributed by atoms with van der Waals surface area (Å²) in [4.78, 5) is 2.61. The van der Waals surface area contributed by atoms with Crippen molar-refractivity contribution >= 4 is 10.1 Å². The maximum atomic E-state index is 12.1. The summed E-state index contributed by atoms with van der Waals surface area (Å²) in [7, 11) is -3.64. The largest absolute Gasteiger partial charge is 0.298 e. The Morgan fingerprint density at radius 2 is 1.86 bits per heavy atom. The van der Waals surface area contributed by atoms with Gasteiger partial charge in [-0.1, -0.05) is 17.7 Å². The first kappa shape index (κ1) is 16.5. The minimum Gasteiger partial charge on any atom is -0.298 e. The van der Waals surface area contributed by atoms with E-state index < -0.39 is 10.1 Å². The average molecular weight is 311 g/mol. The van der Waals surface area contributed by atoms with Crippen molar-refractivity contribution in [1.29, 1.82) is 0 Å². The van der Waals surface area contributed by atoms with Gasteiger partial charge in [0.2, 0.25) is 0 Å². The van der Waals surface area contributed by atoms with Gasteiger partial charge in [-0.15, -0.1) is 0 Å². The molecule has 1 saturated heterocycles. The lowest BCUT2D eigenvalue weighted by Crippen LogP contribution is -2.39. The number of benzene rings is 1. The van der Waals surface area contributed by atoms with E-state index in [1.807, 2.05) is 6.92 Å². The number of likely N-dealkylation sites (tertiary alicyclic amines) is 1. The lowest BCUT2D eigenvalue weighted by molar-refractivity contribution is 0.159. The Balaban J connectivity index is 1.93. The highest BCUT2D eigenvalue weighted by atomic mass is 32.2. The third-order valence-electron chi connectivity index (χ3n) is 4.00. The van der Waals surface area contributed by atoms with Crippen LogP contribution in [-0.4, -0.2) is 38.6 Å². The molecule has 1 aromatic rings. The van der Waals surface area contributed by atoms with Crippen LogP contribution in [0.4, 0.5) is 0 Å². The van der Waals surface area contributed by atoms with Gasteiger partial charge in [0.15, 0.2) is 0 Å². The van der Waals surface area contributed by atoms with Gasteiger partial charge in [0.25, 0.3) is 10.1 Å². The highest BCUT2D eigenvalue weighted by Crippen LogP contribution is 2.25. The molecule has 0 saturated carbocycles. The third kappa shape index (κ3) is 4.28. The molecule has 0 bridgehead atoms. The fraction of sp³-hybridized carbons (Fsp3) is 0.625. The maximum absolute atomic E-state index is 12.1. The fourth-order valence-electron chi connectivity index (χ4n) is 2.54. The van der Waals surface area contributed by atoms with Gasteiger partial charge in [0.05, 0.1) is 11.5 Å². The van der Waals surface area contributed by atoms with Gasteiger partial charge in [-0.3, -0.25) is 9.08 Å². The van der Waals surface area contributed by atoms with E-state index in [1.165, 1.54) is 0 Å². The van der Waals surface area contributed by atoms with Crippen LogP contribution in [0.2, 0.25) is 0 Å². The van der Waals surface area contributed by atoms with Gasteiger partial charge in [0.1, 0.15) is 0 Å². The molecular weight excluding hydrogens is 286 g/mol. The van der Waals surface area contributed by atoms with Crippen LogP contribution in [0.25, 0.3) is 0 Å². The molecule has 5 heteroatoms. The van der Waals surface area contributed by atoms with Crippen LogP contribution in [0, 0.1) is 12.8 Å². The van der Waals surface area contributed by atoms with E-state index in [9.17, 15) is 8.42 Å². The molecule has 1 fully saturated rings. The molecule has 1 aromatic carbocycles. The van der Waals surface area contributed by atoms with Gasteiger partial charge in [-0.2, -0.15) is 8.42 Å². The molecule has 0 N–H and O–H groups in total. The molecule has 21 heavy (non-hydrogen) atoms. The molecule has 2 rings (SSSR count). The zero-order valence-electron chi connectivity index (χ0n) is 13.3. The number of hydrogen-bond acceptors (Lipinski definition) is 4. The Labute approximate surface area is 128 Å². The number of rotatable bonds is 4. The van der Waals surface area contributed by atoms with Crippen LogP contribution in [0.5, 0.6) is 0 Å². The molecule has 0 spiro atoms. The first-order valence-electron chi connectivity index (χ1n) is 7.39. The number of nitrogens with zero attached hydrogens (tertiary/aromatic N) is 1. The van der Waals surface area contributed by atoms with Crippen molar-refractivity contribution in [3.8, 4) is 0 Å². The highest BCUT2D eigenvalue weighted by Gasteiger charge is 2.31.